The van der Waals surface area contributed by atoms with Crippen LogP contribution >= 0.6 is 0 Å². The lowest BCUT2D eigenvalue weighted by molar-refractivity contribution is 0.329. The van der Waals surface area contributed by atoms with Gasteiger partial charge < -0.3 is 11.1 Å². The quantitative estimate of drug-likeness (QED) is 0.821. The highest BCUT2D eigenvalue weighted by Gasteiger charge is 2.23. The smallest absolute Gasteiger partial charge is 0.0393 e. The van der Waals surface area contributed by atoms with E-state index in [0.29, 0.717) is 12.6 Å². The summed E-state index contributed by atoms with van der Waals surface area (Å²) in [6.45, 7) is 9.40. The van der Waals surface area contributed by atoms with Gasteiger partial charge in [-0.05, 0) is 37.4 Å². The second-order valence-corrected chi connectivity index (χ2v) is 5.33. The molecule has 1 aromatic rings. The first-order chi connectivity index (χ1) is 7.43. The SMILES string of the molecule is Cc1cc(NC(CCN)C(C)(C)C)ccn1. The second-order valence-electron chi connectivity index (χ2n) is 5.33. The number of rotatable bonds is 4. The topological polar surface area (TPSA) is 50.9 Å². The van der Waals surface area contributed by atoms with E-state index in [1.54, 1.807) is 0 Å². The van der Waals surface area contributed by atoms with Crippen LogP contribution < -0.4 is 11.1 Å². The van der Waals surface area contributed by atoms with Crippen LogP contribution in [0.5, 0.6) is 0 Å². The van der Waals surface area contributed by atoms with Crippen molar-refractivity contribution < 1.29 is 0 Å². The Bertz CT molecular complexity index is 328. The average Bonchev–Trinajstić information content (AvgIpc) is 2.16. The molecule has 3 nitrogen and oxygen atoms in total. The van der Waals surface area contributed by atoms with Gasteiger partial charge in [0.1, 0.15) is 0 Å². The molecule has 3 N–H and O–H groups in total. The van der Waals surface area contributed by atoms with Crippen molar-refractivity contribution in [2.24, 2.45) is 11.1 Å². The van der Waals surface area contributed by atoms with Gasteiger partial charge in [-0.25, -0.2) is 0 Å². The zero-order valence-electron chi connectivity index (χ0n) is 10.7. The Labute approximate surface area is 98.5 Å². The highest BCUT2D eigenvalue weighted by Crippen LogP contribution is 2.25. The highest BCUT2D eigenvalue weighted by molar-refractivity contribution is 5.44. The van der Waals surface area contributed by atoms with Crippen molar-refractivity contribution in [1.29, 1.82) is 0 Å². The molecule has 0 amide bonds. The molecule has 90 valence electrons. The number of aryl methyl sites for hydroxylation is 1. The summed E-state index contributed by atoms with van der Waals surface area (Å²) < 4.78 is 0. The number of hydrogen-bond donors (Lipinski definition) is 2. The lowest BCUT2D eigenvalue weighted by Crippen LogP contribution is -2.35. The molecule has 1 heterocycles. The number of anilines is 1. The number of hydrogen-bond acceptors (Lipinski definition) is 3. The lowest BCUT2D eigenvalue weighted by atomic mass is 9.84. The zero-order valence-corrected chi connectivity index (χ0v) is 10.7. The molecule has 1 aromatic heterocycles. The van der Waals surface area contributed by atoms with E-state index in [0.717, 1.165) is 17.8 Å². The fourth-order valence-corrected chi connectivity index (χ4v) is 1.72. The maximum atomic E-state index is 5.66. The molecule has 0 aromatic carbocycles. The van der Waals surface area contributed by atoms with E-state index in [1.807, 2.05) is 19.2 Å². The van der Waals surface area contributed by atoms with Gasteiger partial charge in [0.05, 0.1) is 0 Å². The summed E-state index contributed by atoms with van der Waals surface area (Å²) in [5.74, 6) is 0. The van der Waals surface area contributed by atoms with Crippen LogP contribution in [0.25, 0.3) is 0 Å². The van der Waals surface area contributed by atoms with Crippen LogP contribution in [0.2, 0.25) is 0 Å². The third kappa shape index (κ3) is 3.81. The zero-order chi connectivity index (χ0) is 12.2. The molecule has 1 atom stereocenters. The molecule has 3 heteroatoms. The minimum atomic E-state index is 0.205. The van der Waals surface area contributed by atoms with Crippen LogP contribution in [0.15, 0.2) is 18.3 Å². The summed E-state index contributed by atoms with van der Waals surface area (Å²) in [7, 11) is 0. The van der Waals surface area contributed by atoms with E-state index in [-0.39, 0.29) is 5.41 Å². The molecule has 0 aliphatic heterocycles. The Balaban J connectivity index is 2.76. The van der Waals surface area contributed by atoms with Crippen molar-refractivity contribution >= 4 is 5.69 Å². The Morgan fingerprint density at radius 1 is 1.44 bits per heavy atom. The summed E-state index contributed by atoms with van der Waals surface area (Å²) in [5.41, 5.74) is 8.02. The number of nitrogens with zero attached hydrogens (tertiary/aromatic N) is 1. The number of pyridine rings is 1. The molecule has 0 spiro atoms. The van der Waals surface area contributed by atoms with Crippen LogP contribution in [-0.4, -0.2) is 17.6 Å². The molecule has 1 rings (SSSR count). The van der Waals surface area contributed by atoms with Crippen LogP contribution in [0.1, 0.15) is 32.9 Å². The van der Waals surface area contributed by atoms with E-state index >= 15 is 0 Å². The molecule has 0 aliphatic carbocycles. The lowest BCUT2D eigenvalue weighted by Gasteiger charge is -2.32. The second kappa shape index (κ2) is 5.30. The van der Waals surface area contributed by atoms with Gasteiger partial charge in [-0.2, -0.15) is 0 Å². The first-order valence-electron chi connectivity index (χ1n) is 5.83. The van der Waals surface area contributed by atoms with Gasteiger partial charge in [-0.1, -0.05) is 20.8 Å². The first kappa shape index (κ1) is 13.0. The molecule has 1 unspecified atom stereocenters. The minimum absolute atomic E-state index is 0.205. The predicted molar refractivity (Wildman–Crippen MR) is 69.5 cm³/mol. The Kier molecular flexibility index (Phi) is 4.30. The molecule has 0 aliphatic rings. The fraction of sp³-hybridized carbons (Fsp3) is 0.615. The Hall–Kier alpha value is -1.09. The molecular formula is C13H23N3. The van der Waals surface area contributed by atoms with E-state index in [4.69, 9.17) is 5.73 Å². The summed E-state index contributed by atoms with van der Waals surface area (Å²) in [4.78, 5) is 4.19. The van der Waals surface area contributed by atoms with Gasteiger partial charge in [0, 0.05) is 23.6 Å². The average molecular weight is 221 g/mol. The number of nitrogens with one attached hydrogen (secondary N) is 1. The van der Waals surface area contributed by atoms with E-state index in [2.05, 4.69) is 37.1 Å². The van der Waals surface area contributed by atoms with Crippen LogP contribution in [0, 0.1) is 12.3 Å². The largest absolute Gasteiger partial charge is 0.382 e. The maximum Gasteiger partial charge on any atom is 0.0393 e. The van der Waals surface area contributed by atoms with Gasteiger partial charge >= 0.3 is 0 Å². The van der Waals surface area contributed by atoms with Crippen molar-refractivity contribution in [3.63, 3.8) is 0 Å². The van der Waals surface area contributed by atoms with E-state index in [1.165, 1.54) is 0 Å². The third-order valence-corrected chi connectivity index (χ3v) is 2.74. The van der Waals surface area contributed by atoms with E-state index in [9.17, 15) is 0 Å². The van der Waals surface area contributed by atoms with E-state index < -0.39 is 0 Å². The van der Waals surface area contributed by atoms with Crippen molar-refractivity contribution in [2.45, 2.75) is 40.2 Å². The Morgan fingerprint density at radius 3 is 2.62 bits per heavy atom. The van der Waals surface area contributed by atoms with Gasteiger partial charge in [-0.3, -0.25) is 4.98 Å². The molecule has 16 heavy (non-hydrogen) atoms. The fourth-order valence-electron chi connectivity index (χ4n) is 1.72. The van der Waals surface area contributed by atoms with Gasteiger partial charge in [0.2, 0.25) is 0 Å². The number of aromatic nitrogens is 1. The summed E-state index contributed by atoms with van der Waals surface area (Å²) >= 11 is 0. The molecular weight excluding hydrogens is 198 g/mol. The molecule has 0 saturated carbocycles. The molecule has 0 saturated heterocycles. The van der Waals surface area contributed by atoms with Crippen LogP contribution in [0.4, 0.5) is 5.69 Å². The minimum Gasteiger partial charge on any atom is -0.382 e. The normalized spacial score (nSPS) is 13.6. The molecule has 0 radical (unpaired) electrons. The van der Waals surface area contributed by atoms with Gasteiger partial charge in [0.25, 0.3) is 0 Å². The van der Waals surface area contributed by atoms with Crippen molar-refractivity contribution in [3.05, 3.63) is 24.0 Å². The summed E-state index contributed by atoms with van der Waals surface area (Å²) in [6.07, 6.45) is 2.81. The highest BCUT2D eigenvalue weighted by atomic mass is 14.9. The summed E-state index contributed by atoms with van der Waals surface area (Å²) in [6, 6.07) is 4.46. The first-order valence-corrected chi connectivity index (χ1v) is 5.83. The number of nitrogens with two attached hydrogens (primary N) is 1. The molecule has 0 bridgehead atoms. The third-order valence-electron chi connectivity index (χ3n) is 2.74. The Morgan fingerprint density at radius 2 is 2.12 bits per heavy atom. The van der Waals surface area contributed by atoms with Gasteiger partial charge in [-0.15, -0.1) is 0 Å². The summed E-state index contributed by atoms with van der Waals surface area (Å²) in [5, 5.41) is 3.54. The van der Waals surface area contributed by atoms with Crippen molar-refractivity contribution in [2.75, 3.05) is 11.9 Å². The van der Waals surface area contributed by atoms with Crippen LogP contribution in [-0.2, 0) is 0 Å². The predicted octanol–water partition coefficient (Wildman–Crippen LogP) is 2.57. The molecule has 0 fully saturated rings. The van der Waals surface area contributed by atoms with Crippen molar-refractivity contribution in [3.8, 4) is 0 Å². The van der Waals surface area contributed by atoms with Crippen LogP contribution in [0.3, 0.4) is 0 Å². The maximum absolute atomic E-state index is 5.66. The monoisotopic (exact) mass is 221 g/mol. The van der Waals surface area contributed by atoms with Gasteiger partial charge in [0.15, 0.2) is 0 Å². The standard InChI is InChI=1S/C13H23N3/c1-10-9-11(6-8-15-10)16-12(5-7-14)13(2,3)4/h6,8-9,12H,5,7,14H2,1-4H3,(H,15,16). The van der Waals surface area contributed by atoms with Crippen molar-refractivity contribution in [1.82, 2.24) is 4.98 Å².